The third-order valence-electron chi connectivity index (χ3n) is 3.28. The molecule has 0 saturated heterocycles. The van der Waals surface area contributed by atoms with Crippen molar-refractivity contribution >= 4 is 17.7 Å². The molecule has 0 aliphatic rings. The largest absolute Gasteiger partial charge is 0.497 e. The van der Waals surface area contributed by atoms with Crippen LogP contribution in [0.3, 0.4) is 0 Å². The highest BCUT2D eigenvalue weighted by atomic mass is 16.5. The maximum atomic E-state index is 12.1. The van der Waals surface area contributed by atoms with Crippen molar-refractivity contribution in [2.75, 3.05) is 26.1 Å². The summed E-state index contributed by atoms with van der Waals surface area (Å²) in [4.78, 5) is 12.1. The number of nitrogens with one attached hydrogen (secondary N) is 1. The van der Waals surface area contributed by atoms with Gasteiger partial charge in [-0.15, -0.1) is 6.42 Å². The van der Waals surface area contributed by atoms with Gasteiger partial charge < -0.3 is 19.5 Å². The van der Waals surface area contributed by atoms with E-state index >= 15 is 0 Å². The number of ether oxygens (including phenoxy) is 3. The number of hydrogen-bond acceptors (Lipinski definition) is 4. The first kappa shape index (κ1) is 18.0. The van der Waals surface area contributed by atoms with Crippen LogP contribution in [0.15, 0.2) is 48.5 Å². The molecule has 0 atom stereocenters. The number of anilines is 1. The molecule has 0 aliphatic carbocycles. The normalized spacial score (nSPS) is 10.1. The minimum absolute atomic E-state index is 0.175. The quantitative estimate of drug-likeness (QED) is 0.622. The Hall–Kier alpha value is -3.39. The van der Waals surface area contributed by atoms with E-state index in [1.165, 1.54) is 6.08 Å². The summed E-state index contributed by atoms with van der Waals surface area (Å²) in [7, 11) is 3.15. The van der Waals surface area contributed by atoms with Gasteiger partial charge in [-0.2, -0.15) is 0 Å². The number of benzene rings is 2. The Morgan fingerprint density at radius 2 is 2.00 bits per heavy atom. The second-order valence-electron chi connectivity index (χ2n) is 4.95. The molecule has 0 saturated carbocycles. The van der Waals surface area contributed by atoms with Gasteiger partial charge in [-0.1, -0.05) is 12.0 Å². The second kappa shape index (κ2) is 9.04. The number of rotatable bonds is 7. The standard InChI is InChI=1S/C20H19NO4/c1-4-12-25-18-7-5-6-16(13-18)21-20(22)11-9-15-8-10-17(23-2)14-19(15)24-3/h1,5-11,13-14H,12H2,2-3H3,(H,21,22)/b11-9+. The van der Waals surface area contributed by atoms with Gasteiger partial charge in [0.25, 0.3) is 0 Å². The fraction of sp³-hybridized carbons (Fsp3) is 0.150. The van der Waals surface area contributed by atoms with Crippen LogP contribution in [-0.4, -0.2) is 26.7 Å². The van der Waals surface area contributed by atoms with Crippen molar-refractivity contribution in [1.29, 1.82) is 0 Å². The number of terminal acetylenes is 1. The minimum Gasteiger partial charge on any atom is -0.497 e. The van der Waals surface area contributed by atoms with Crippen molar-refractivity contribution in [3.05, 3.63) is 54.1 Å². The van der Waals surface area contributed by atoms with Crippen molar-refractivity contribution < 1.29 is 19.0 Å². The van der Waals surface area contributed by atoms with Gasteiger partial charge in [-0.05, 0) is 30.3 Å². The molecule has 2 aromatic carbocycles. The Bertz CT molecular complexity index is 806. The first-order valence-electron chi connectivity index (χ1n) is 7.53. The van der Waals surface area contributed by atoms with Crippen LogP contribution in [0.5, 0.6) is 17.2 Å². The molecule has 0 spiro atoms. The predicted molar refractivity (Wildman–Crippen MR) is 98.0 cm³/mol. The van der Waals surface area contributed by atoms with Crippen molar-refractivity contribution in [2.45, 2.75) is 0 Å². The molecule has 0 unspecified atom stereocenters. The van der Waals surface area contributed by atoms with Crippen molar-refractivity contribution in [3.8, 4) is 29.6 Å². The predicted octanol–water partition coefficient (Wildman–Crippen LogP) is 3.37. The van der Waals surface area contributed by atoms with Crippen LogP contribution in [0.1, 0.15) is 5.56 Å². The van der Waals surface area contributed by atoms with Gasteiger partial charge in [0.1, 0.15) is 23.9 Å². The maximum absolute atomic E-state index is 12.1. The van der Waals surface area contributed by atoms with Gasteiger partial charge in [0.2, 0.25) is 5.91 Å². The van der Waals surface area contributed by atoms with E-state index in [4.69, 9.17) is 20.6 Å². The summed E-state index contributed by atoms with van der Waals surface area (Å²) in [6.45, 7) is 0.175. The molecule has 5 nitrogen and oxygen atoms in total. The summed E-state index contributed by atoms with van der Waals surface area (Å²) < 4.78 is 15.8. The lowest BCUT2D eigenvalue weighted by Gasteiger charge is -2.08. The average molecular weight is 337 g/mol. The Kier molecular flexibility index (Phi) is 6.49. The Labute approximate surface area is 147 Å². The lowest BCUT2D eigenvalue weighted by Crippen LogP contribution is -2.08. The third-order valence-corrected chi connectivity index (χ3v) is 3.28. The zero-order chi connectivity index (χ0) is 18.1. The molecule has 2 rings (SSSR count). The van der Waals surface area contributed by atoms with E-state index < -0.39 is 0 Å². The molecule has 0 aromatic heterocycles. The van der Waals surface area contributed by atoms with Crippen LogP contribution in [0.4, 0.5) is 5.69 Å². The number of carbonyl (C=O) groups excluding carboxylic acids is 1. The van der Waals surface area contributed by atoms with Crippen LogP contribution in [0, 0.1) is 12.3 Å². The Morgan fingerprint density at radius 1 is 1.16 bits per heavy atom. The Morgan fingerprint density at radius 3 is 2.72 bits per heavy atom. The molecule has 0 radical (unpaired) electrons. The van der Waals surface area contributed by atoms with E-state index in [0.717, 1.165) is 5.56 Å². The number of hydrogen-bond donors (Lipinski definition) is 1. The summed E-state index contributed by atoms with van der Waals surface area (Å²) in [6.07, 6.45) is 8.26. The zero-order valence-electron chi connectivity index (χ0n) is 14.1. The highest BCUT2D eigenvalue weighted by molar-refractivity contribution is 6.02. The number of amides is 1. The zero-order valence-corrected chi connectivity index (χ0v) is 14.1. The molecule has 0 aliphatic heterocycles. The first-order valence-corrected chi connectivity index (χ1v) is 7.53. The molecule has 2 aromatic rings. The first-order chi connectivity index (χ1) is 12.2. The lowest BCUT2D eigenvalue weighted by molar-refractivity contribution is -0.111. The van der Waals surface area contributed by atoms with Gasteiger partial charge in [-0.25, -0.2) is 0 Å². The van der Waals surface area contributed by atoms with Crippen molar-refractivity contribution in [1.82, 2.24) is 0 Å². The fourth-order valence-electron chi connectivity index (χ4n) is 2.09. The Balaban J connectivity index is 2.05. The highest BCUT2D eigenvalue weighted by Crippen LogP contribution is 2.25. The third kappa shape index (κ3) is 5.33. The van der Waals surface area contributed by atoms with Crippen LogP contribution in [0.2, 0.25) is 0 Å². The molecule has 1 amide bonds. The van der Waals surface area contributed by atoms with Gasteiger partial charge >= 0.3 is 0 Å². The molecule has 0 fully saturated rings. The smallest absolute Gasteiger partial charge is 0.248 e. The SMILES string of the molecule is C#CCOc1cccc(NC(=O)/C=C/c2ccc(OC)cc2OC)c1. The van der Waals surface area contributed by atoms with Crippen molar-refractivity contribution in [3.63, 3.8) is 0 Å². The summed E-state index contributed by atoms with van der Waals surface area (Å²) in [5, 5.41) is 2.77. The topological polar surface area (TPSA) is 56.8 Å². The van der Waals surface area contributed by atoms with Gasteiger partial charge in [0.15, 0.2) is 0 Å². The number of methoxy groups -OCH3 is 2. The maximum Gasteiger partial charge on any atom is 0.248 e. The minimum atomic E-state index is -0.271. The molecule has 0 bridgehead atoms. The van der Waals surface area contributed by atoms with Gasteiger partial charge in [-0.3, -0.25) is 4.79 Å². The summed E-state index contributed by atoms with van der Waals surface area (Å²) in [6, 6.07) is 12.4. The molecule has 128 valence electrons. The molecule has 0 heterocycles. The van der Waals surface area contributed by atoms with E-state index in [0.29, 0.717) is 22.9 Å². The highest BCUT2D eigenvalue weighted by Gasteiger charge is 2.04. The van der Waals surface area contributed by atoms with Gasteiger partial charge in [0.05, 0.1) is 14.2 Å². The van der Waals surface area contributed by atoms with Crippen LogP contribution in [0.25, 0.3) is 6.08 Å². The van der Waals surface area contributed by atoms with Crippen LogP contribution >= 0.6 is 0 Å². The van der Waals surface area contributed by atoms with E-state index in [-0.39, 0.29) is 12.5 Å². The number of carbonyl (C=O) groups is 1. The molecule has 1 N–H and O–H groups in total. The molecule has 5 heteroatoms. The lowest BCUT2D eigenvalue weighted by atomic mass is 10.1. The van der Waals surface area contributed by atoms with E-state index in [9.17, 15) is 4.79 Å². The summed E-state index contributed by atoms with van der Waals surface area (Å²) in [5.41, 5.74) is 1.38. The summed E-state index contributed by atoms with van der Waals surface area (Å²) in [5.74, 6) is 4.02. The molecular formula is C20H19NO4. The van der Waals surface area contributed by atoms with Crippen molar-refractivity contribution in [2.24, 2.45) is 0 Å². The average Bonchev–Trinajstić information content (AvgIpc) is 2.64. The van der Waals surface area contributed by atoms with E-state index in [1.54, 1.807) is 56.7 Å². The van der Waals surface area contributed by atoms with E-state index in [2.05, 4.69) is 11.2 Å². The van der Waals surface area contributed by atoms with Crippen LogP contribution in [-0.2, 0) is 4.79 Å². The van der Waals surface area contributed by atoms with Crippen LogP contribution < -0.4 is 19.5 Å². The fourth-order valence-corrected chi connectivity index (χ4v) is 2.09. The molecular weight excluding hydrogens is 318 g/mol. The second-order valence-corrected chi connectivity index (χ2v) is 4.95. The monoisotopic (exact) mass is 337 g/mol. The van der Waals surface area contributed by atoms with Gasteiger partial charge in [0, 0.05) is 29.5 Å². The van der Waals surface area contributed by atoms with E-state index in [1.807, 2.05) is 6.07 Å². The summed E-state index contributed by atoms with van der Waals surface area (Å²) >= 11 is 0. The molecule has 25 heavy (non-hydrogen) atoms.